The predicted molar refractivity (Wildman–Crippen MR) is 153 cm³/mol. The Bertz CT molecular complexity index is 396. The van der Waals surface area contributed by atoms with Crippen molar-refractivity contribution in [3.05, 3.63) is 0 Å². The third-order valence-corrected chi connectivity index (χ3v) is 7.30. The van der Waals surface area contributed by atoms with E-state index in [-0.39, 0.29) is 5.97 Å². The number of unbranched alkanes of at least 4 members (excludes halogenated alkanes) is 25. The zero-order chi connectivity index (χ0) is 25.5. The van der Waals surface area contributed by atoms with Crippen molar-refractivity contribution in [1.29, 1.82) is 0 Å². The van der Waals surface area contributed by atoms with Gasteiger partial charge in [-0.1, -0.05) is 161 Å². The van der Waals surface area contributed by atoms with Gasteiger partial charge in [0.15, 0.2) is 0 Å². The predicted octanol–water partition coefficient (Wildman–Crippen LogP) is 10.5. The quantitative estimate of drug-likeness (QED) is 0.0794. The number of aliphatic hydroxyl groups is 1. The third-order valence-electron chi connectivity index (χ3n) is 7.30. The Balaban J connectivity index is 3.14. The minimum atomic E-state index is 0.0127. The molecule has 1 N–H and O–H groups in total. The van der Waals surface area contributed by atoms with E-state index in [1.165, 1.54) is 154 Å². The molecule has 0 aliphatic carbocycles. The van der Waals surface area contributed by atoms with Crippen LogP contribution in [0.1, 0.15) is 187 Å². The van der Waals surface area contributed by atoms with Crippen LogP contribution in [0.5, 0.6) is 0 Å². The van der Waals surface area contributed by atoms with Gasteiger partial charge in [-0.15, -0.1) is 0 Å². The Labute approximate surface area is 220 Å². The summed E-state index contributed by atoms with van der Waals surface area (Å²) in [6.07, 6.45) is 35.9. The first-order chi connectivity index (χ1) is 17.3. The molecule has 0 atom stereocenters. The molecule has 3 heteroatoms. The average molecular weight is 497 g/mol. The summed E-state index contributed by atoms with van der Waals surface area (Å²) in [6.45, 7) is 3.25. The fraction of sp³-hybridized carbons (Fsp3) is 0.969. The minimum Gasteiger partial charge on any atom is -0.466 e. The van der Waals surface area contributed by atoms with Gasteiger partial charge in [-0.05, 0) is 19.3 Å². The monoisotopic (exact) mass is 496 g/mol. The lowest BCUT2D eigenvalue weighted by molar-refractivity contribution is -0.143. The lowest BCUT2D eigenvalue weighted by Crippen LogP contribution is -2.05. The number of hydrogen-bond donors (Lipinski definition) is 1. The van der Waals surface area contributed by atoms with E-state index in [1.54, 1.807) is 0 Å². The molecule has 0 saturated heterocycles. The molecule has 35 heavy (non-hydrogen) atoms. The van der Waals surface area contributed by atoms with Gasteiger partial charge in [-0.3, -0.25) is 4.79 Å². The Morgan fingerprint density at radius 1 is 0.457 bits per heavy atom. The Kier molecular flexibility index (Phi) is 30.9. The summed E-state index contributed by atoms with van der Waals surface area (Å²) in [6, 6.07) is 0. The van der Waals surface area contributed by atoms with E-state index in [0.29, 0.717) is 19.6 Å². The van der Waals surface area contributed by atoms with Crippen LogP contribution in [0.2, 0.25) is 0 Å². The summed E-state index contributed by atoms with van der Waals surface area (Å²) >= 11 is 0. The fourth-order valence-corrected chi connectivity index (χ4v) is 4.88. The molecular weight excluding hydrogens is 432 g/mol. The van der Waals surface area contributed by atoms with Crippen LogP contribution in [0.3, 0.4) is 0 Å². The molecule has 0 spiro atoms. The van der Waals surface area contributed by atoms with Gasteiger partial charge in [0.05, 0.1) is 6.61 Å². The van der Waals surface area contributed by atoms with Crippen LogP contribution in [0.4, 0.5) is 0 Å². The van der Waals surface area contributed by atoms with Crippen molar-refractivity contribution in [3.8, 4) is 0 Å². The molecule has 0 aliphatic heterocycles. The maximum absolute atomic E-state index is 11.9. The molecule has 0 rings (SSSR count). The summed E-state index contributed by atoms with van der Waals surface area (Å²) < 4.78 is 5.41. The molecule has 0 saturated carbocycles. The van der Waals surface area contributed by atoms with Crippen molar-refractivity contribution in [2.75, 3.05) is 13.2 Å². The largest absolute Gasteiger partial charge is 0.466 e. The second-order valence-corrected chi connectivity index (χ2v) is 10.9. The van der Waals surface area contributed by atoms with E-state index in [1.807, 2.05) is 0 Å². The molecule has 0 unspecified atom stereocenters. The molecule has 0 aromatic heterocycles. The molecule has 0 aliphatic rings. The highest BCUT2D eigenvalue weighted by Gasteiger charge is 2.02. The lowest BCUT2D eigenvalue weighted by atomic mass is 10.0. The molecule has 0 aromatic carbocycles. The number of ether oxygens (including phenoxy) is 1. The number of carbonyl (C=O) groups excluding carboxylic acids is 1. The maximum atomic E-state index is 11.9. The molecule has 3 nitrogen and oxygen atoms in total. The van der Waals surface area contributed by atoms with E-state index in [2.05, 4.69) is 6.92 Å². The van der Waals surface area contributed by atoms with E-state index in [4.69, 9.17) is 9.84 Å². The molecule has 0 aromatic rings. The topological polar surface area (TPSA) is 46.5 Å². The summed E-state index contributed by atoms with van der Waals surface area (Å²) in [5, 5.41) is 8.76. The van der Waals surface area contributed by atoms with Gasteiger partial charge in [-0.2, -0.15) is 0 Å². The molecule has 0 heterocycles. The molecular formula is C32H64O3. The van der Waals surface area contributed by atoms with Crippen LogP contribution in [-0.2, 0) is 9.53 Å². The van der Waals surface area contributed by atoms with E-state index >= 15 is 0 Å². The first kappa shape index (κ1) is 34.4. The second kappa shape index (κ2) is 31.5. The van der Waals surface area contributed by atoms with Crippen LogP contribution in [-0.4, -0.2) is 24.3 Å². The van der Waals surface area contributed by atoms with Gasteiger partial charge in [0.1, 0.15) is 0 Å². The maximum Gasteiger partial charge on any atom is 0.305 e. The van der Waals surface area contributed by atoms with Crippen molar-refractivity contribution in [2.24, 2.45) is 0 Å². The van der Waals surface area contributed by atoms with Crippen molar-refractivity contribution in [3.63, 3.8) is 0 Å². The summed E-state index contributed by atoms with van der Waals surface area (Å²) in [5.41, 5.74) is 0. The number of carbonyl (C=O) groups is 1. The first-order valence-corrected chi connectivity index (χ1v) is 16.1. The van der Waals surface area contributed by atoms with Gasteiger partial charge in [0.2, 0.25) is 0 Å². The Hall–Kier alpha value is -0.570. The van der Waals surface area contributed by atoms with E-state index in [9.17, 15) is 4.79 Å². The van der Waals surface area contributed by atoms with E-state index < -0.39 is 0 Å². The number of aliphatic hydroxyl groups excluding tert-OH is 1. The van der Waals surface area contributed by atoms with Gasteiger partial charge in [-0.25, -0.2) is 0 Å². The lowest BCUT2D eigenvalue weighted by Gasteiger charge is -2.06. The second-order valence-electron chi connectivity index (χ2n) is 10.9. The van der Waals surface area contributed by atoms with Gasteiger partial charge in [0.25, 0.3) is 0 Å². The highest BCUT2D eigenvalue weighted by atomic mass is 16.5. The van der Waals surface area contributed by atoms with Crippen LogP contribution >= 0.6 is 0 Å². The Morgan fingerprint density at radius 3 is 1.14 bits per heavy atom. The summed E-state index contributed by atoms with van der Waals surface area (Å²) in [4.78, 5) is 11.9. The number of hydrogen-bond acceptors (Lipinski definition) is 3. The first-order valence-electron chi connectivity index (χ1n) is 16.1. The van der Waals surface area contributed by atoms with E-state index in [0.717, 1.165) is 19.3 Å². The zero-order valence-corrected chi connectivity index (χ0v) is 24.0. The van der Waals surface area contributed by atoms with Gasteiger partial charge >= 0.3 is 5.97 Å². The van der Waals surface area contributed by atoms with Crippen LogP contribution in [0.15, 0.2) is 0 Å². The Morgan fingerprint density at radius 2 is 0.771 bits per heavy atom. The van der Waals surface area contributed by atoms with Crippen molar-refractivity contribution >= 4 is 5.97 Å². The standard InChI is InChI=1S/C32H64O3/c1-2-3-4-5-6-7-8-9-13-16-19-22-25-28-31-35-32(34)29-26-23-20-17-14-11-10-12-15-18-21-24-27-30-33/h33H,2-31H2,1H3. The van der Waals surface area contributed by atoms with Crippen LogP contribution in [0.25, 0.3) is 0 Å². The van der Waals surface area contributed by atoms with Crippen molar-refractivity contribution < 1.29 is 14.6 Å². The minimum absolute atomic E-state index is 0.0127. The molecule has 0 radical (unpaired) electrons. The highest BCUT2D eigenvalue weighted by Crippen LogP contribution is 2.14. The number of rotatable bonds is 30. The van der Waals surface area contributed by atoms with Crippen LogP contribution < -0.4 is 0 Å². The fourth-order valence-electron chi connectivity index (χ4n) is 4.88. The normalized spacial score (nSPS) is 11.3. The molecule has 0 bridgehead atoms. The van der Waals surface area contributed by atoms with Crippen molar-refractivity contribution in [1.82, 2.24) is 0 Å². The zero-order valence-electron chi connectivity index (χ0n) is 24.0. The number of esters is 1. The summed E-state index contributed by atoms with van der Waals surface area (Å²) in [5.74, 6) is 0.0127. The average Bonchev–Trinajstić information content (AvgIpc) is 2.86. The third kappa shape index (κ3) is 31.4. The van der Waals surface area contributed by atoms with Gasteiger partial charge in [0, 0.05) is 13.0 Å². The SMILES string of the molecule is CCCCCCCCCCCCCCCCOC(=O)CCCCCCCCCCCCCCCO. The smallest absolute Gasteiger partial charge is 0.305 e. The van der Waals surface area contributed by atoms with Crippen molar-refractivity contribution in [2.45, 2.75) is 187 Å². The summed E-state index contributed by atoms with van der Waals surface area (Å²) in [7, 11) is 0. The van der Waals surface area contributed by atoms with Crippen LogP contribution in [0, 0.1) is 0 Å². The molecule has 0 fully saturated rings. The molecule has 0 amide bonds. The molecule has 210 valence electrons. The highest BCUT2D eigenvalue weighted by molar-refractivity contribution is 5.69. The van der Waals surface area contributed by atoms with Gasteiger partial charge < -0.3 is 9.84 Å².